The molecule has 0 unspecified atom stereocenters. The molecule has 0 radical (unpaired) electrons. The van der Waals surface area contributed by atoms with Crippen LogP contribution >= 0.6 is 35.0 Å². The molecule has 2 nitrogen and oxygen atoms in total. The summed E-state index contributed by atoms with van der Waals surface area (Å²) in [6.45, 7) is 6.28. The number of hydrogen-bond donors (Lipinski definition) is 1. The van der Waals surface area contributed by atoms with E-state index in [1.165, 1.54) is 0 Å². The maximum Gasteiger partial charge on any atom is 0.161 e. The Labute approximate surface area is 140 Å². The van der Waals surface area contributed by atoms with Crippen molar-refractivity contribution in [1.82, 2.24) is 5.32 Å². The van der Waals surface area contributed by atoms with Crippen LogP contribution in [0, 0.1) is 0 Å². The number of nitrogens with zero attached hydrogens (tertiary/aromatic N) is 1. The summed E-state index contributed by atoms with van der Waals surface area (Å²) in [5.74, 6) is 0.981. The quantitative estimate of drug-likeness (QED) is 0.798. The number of benzene rings is 1. The first-order valence-electron chi connectivity index (χ1n) is 6.76. The van der Waals surface area contributed by atoms with Crippen molar-refractivity contribution in [3.05, 3.63) is 51.7 Å². The summed E-state index contributed by atoms with van der Waals surface area (Å²) in [5.41, 5.74) is 1.61. The SMILES string of the molecule is CCSC1=NC(C)(C)C=C(/C=C/c2c(Cl)cccc2Cl)N1. The van der Waals surface area contributed by atoms with Crippen LogP contribution in [-0.4, -0.2) is 16.5 Å². The van der Waals surface area contributed by atoms with Gasteiger partial charge >= 0.3 is 0 Å². The van der Waals surface area contributed by atoms with Crippen molar-refractivity contribution in [2.45, 2.75) is 26.3 Å². The minimum absolute atomic E-state index is 0.216. The van der Waals surface area contributed by atoms with Crippen molar-refractivity contribution in [3.8, 4) is 0 Å². The third kappa shape index (κ3) is 4.53. The molecule has 2 rings (SSSR count). The molecule has 0 saturated heterocycles. The summed E-state index contributed by atoms with van der Waals surface area (Å²) in [6, 6.07) is 5.50. The molecule has 0 spiro atoms. The molecular weight excluding hydrogens is 323 g/mol. The summed E-state index contributed by atoms with van der Waals surface area (Å²) in [6.07, 6.45) is 6.01. The predicted octanol–water partition coefficient (Wildman–Crippen LogP) is 5.38. The fraction of sp³-hybridized carbons (Fsp3) is 0.312. The lowest BCUT2D eigenvalue weighted by Gasteiger charge is -2.25. The molecule has 0 amide bonds. The third-order valence-electron chi connectivity index (χ3n) is 2.86. The zero-order valence-electron chi connectivity index (χ0n) is 12.3. The summed E-state index contributed by atoms with van der Waals surface area (Å²) in [5, 5.41) is 5.55. The topological polar surface area (TPSA) is 24.4 Å². The zero-order chi connectivity index (χ0) is 15.5. The summed E-state index contributed by atoms with van der Waals surface area (Å²) in [7, 11) is 0. The number of halogens is 2. The lowest BCUT2D eigenvalue weighted by Crippen LogP contribution is -2.31. The molecular formula is C16H18Cl2N2S. The first kappa shape index (κ1) is 16.5. The van der Waals surface area contributed by atoms with Gasteiger partial charge in [-0.15, -0.1) is 0 Å². The van der Waals surface area contributed by atoms with Crippen molar-refractivity contribution in [3.63, 3.8) is 0 Å². The number of aliphatic imine (C=N–C) groups is 1. The van der Waals surface area contributed by atoms with E-state index in [4.69, 9.17) is 23.2 Å². The number of hydrogen-bond acceptors (Lipinski definition) is 3. The molecule has 5 heteroatoms. The maximum absolute atomic E-state index is 6.18. The smallest absolute Gasteiger partial charge is 0.161 e. The molecule has 112 valence electrons. The Morgan fingerprint density at radius 1 is 1.24 bits per heavy atom. The fourth-order valence-electron chi connectivity index (χ4n) is 2.00. The van der Waals surface area contributed by atoms with Gasteiger partial charge in [0.1, 0.15) is 0 Å². The van der Waals surface area contributed by atoms with Crippen LogP contribution in [0.25, 0.3) is 6.08 Å². The van der Waals surface area contributed by atoms with Crippen LogP contribution < -0.4 is 5.32 Å². The van der Waals surface area contributed by atoms with Gasteiger partial charge in [-0.25, -0.2) is 0 Å². The van der Waals surface area contributed by atoms with Gasteiger partial charge in [0, 0.05) is 21.3 Å². The van der Waals surface area contributed by atoms with Gasteiger partial charge in [0.2, 0.25) is 0 Å². The van der Waals surface area contributed by atoms with E-state index in [0.717, 1.165) is 22.2 Å². The number of allylic oxidation sites excluding steroid dienone is 1. The molecule has 0 atom stereocenters. The van der Waals surface area contributed by atoms with Gasteiger partial charge in [-0.3, -0.25) is 4.99 Å². The van der Waals surface area contributed by atoms with Gasteiger partial charge in [0.05, 0.1) is 5.54 Å². The van der Waals surface area contributed by atoms with E-state index in [1.54, 1.807) is 11.8 Å². The standard InChI is InChI=1S/C16H18Cl2N2S/c1-4-21-15-19-11(10-16(2,3)20-15)8-9-12-13(17)6-5-7-14(12)18/h5-10H,4H2,1-3H3,(H,19,20)/b9-8+. The molecule has 1 aromatic carbocycles. The predicted molar refractivity (Wildman–Crippen MR) is 96.4 cm³/mol. The zero-order valence-corrected chi connectivity index (χ0v) is 14.6. The van der Waals surface area contributed by atoms with E-state index in [-0.39, 0.29) is 5.54 Å². The van der Waals surface area contributed by atoms with Crippen molar-refractivity contribution in [2.75, 3.05) is 5.75 Å². The summed E-state index contributed by atoms with van der Waals surface area (Å²) >= 11 is 14.1. The Hall–Kier alpha value is -0.900. The van der Waals surface area contributed by atoms with E-state index < -0.39 is 0 Å². The van der Waals surface area contributed by atoms with Crippen molar-refractivity contribution in [2.24, 2.45) is 4.99 Å². The molecule has 1 aliphatic rings. The Morgan fingerprint density at radius 2 is 1.90 bits per heavy atom. The van der Waals surface area contributed by atoms with Crippen LogP contribution in [0.15, 0.2) is 41.0 Å². The Morgan fingerprint density at radius 3 is 2.52 bits per heavy atom. The molecule has 0 aromatic heterocycles. The van der Waals surface area contributed by atoms with E-state index in [9.17, 15) is 0 Å². The first-order valence-corrected chi connectivity index (χ1v) is 8.50. The molecule has 21 heavy (non-hydrogen) atoms. The molecule has 1 aromatic rings. The van der Waals surface area contributed by atoms with Gasteiger partial charge in [-0.2, -0.15) is 0 Å². The minimum Gasteiger partial charge on any atom is -0.335 e. The van der Waals surface area contributed by atoms with Gasteiger partial charge in [0.25, 0.3) is 0 Å². The lowest BCUT2D eigenvalue weighted by molar-refractivity contribution is 0.639. The van der Waals surface area contributed by atoms with Crippen LogP contribution in [0.3, 0.4) is 0 Å². The van der Waals surface area contributed by atoms with Gasteiger partial charge in [-0.05, 0) is 50.0 Å². The van der Waals surface area contributed by atoms with Crippen molar-refractivity contribution < 1.29 is 0 Å². The first-order chi connectivity index (χ1) is 9.91. The highest BCUT2D eigenvalue weighted by Gasteiger charge is 2.20. The van der Waals surface area contributed by atoms with Crippen molar-refractivity contribution in [1.29, 1.82) is 0 Å². The second kappa shape index (κ2) is 6.91. The summed E-state index contributed by atoms with van der Waals surface area (Å²) < 4.78 is 0. The number of rotatable bonds is 3. The highest BCUT2D eigenvalue weighted by Crippen LogP contribution is 2.27. The molecule has 0 aliphatic carbocycles. The number of nitrogens with one attached hydrogen (secondary N) is 1. The van der Waals surface area contributed by atoms with Gasteiger partial charge < -0.3 is 5.32 Å². The number of amidine groups is 1. The van der Waals surface area contributed by atoms with Crippen LogP contribution in [0.1, 0.15) is 26.3 Å². The lowest BCUT2D eigenvalue weighted by atomic mass is 10.0. The Balaban J connectivity index is 2.23. The second-order valence-electron chi connectivity index (χ2n) is 5.20. The van der Waals surface area contributed by atoms with E-state index in [2.05, 4.69) is 37.2 Å². The van der Waals surface area contributed by atoms with Crippen LogP contribution in [0.2, 0.25) is 10.0 Å². The van der Waals surface area contributed by atoms with Crippen LogP contribution in [0.5, 0.6) is 0 Å². The molecule has 0 fully saturated rings. The fourth-order valence-corrected chi connectivity index (χ4v) is 3.29. The van der Waals surface area contributed by atoms with Crippen LogP contribution in [0.4, 0.5) is 0 Å². The monoisotopic (exact) mass is 340 g/mol. The van der Waals surface area contributed by atoms with E-state index in [1.807, 2.05) is 30.4 Å². The Kier molecular flexibility index (Phi) is 5.42. The van der Waals surface area contributed by atoms with Crippen LogP contribution in [-0.2, 0) is 0 Å². The average Bonchev–Trinajstić information content (AvgIpc) is 2.36. The molecule has 1 aliphatic heterocycles. The maximum atomic E-state index is 6.18. The third-order valence-corrected chi connectivity index (χ3v) is 4.27. The molecule has 1 N–H and O–H groups in total. The minimum atomic E-state index is -0.216. The highest BCUT2D eigenvalue weighted by molar-refractivity contribution is 8.13. The average molecular weight is 341 g/mol. The summed E-state index contributed by atoms with van der Waals surface area (Å²) in [4.78, 5) is 4.65. The Bertz CT molecular complexity index is 598. The largest absolute Gasteiger partial charge is 0.335 e. The molecule has 1 heterocycles. The van der Waals surface area contributed by atoms with Gasteiger partial charge in [-0.1, -0.05) is 48.0 Å². The molecule has 0 bridgehead atoms. The molecule has 0 saturated carbocycles. The highest BCUT2D eigenvalue weighted by atomic mass is 35.5. The van der Waals surface area contributed by atoms with E-state index >= 15 is 0 Å². The number of thioether (sulfide) groups is 1. The van der Waals surface area contributed by atoms with Crippen molar-refractivity contribution >= 4 is 46.2 Å². The normalized spacial score (nSPS) is 17.4. The second-order valence-corrected chi connectivity index (χ2v) is 7.26. The van der Waals surface area contributed by atoms with Gasteiger partial charge in [0.15, 0.2) is 5.17 Å². The van der Waals surface area contributed by atoms with E-state index in [0.29, 0.717) is 10.0 Å².